The number of nitrogens with zero attached hydrogens (tertiary/aromatic N) is 1. The van der Waals surface area contributed by atoms with E-state index in [0.717, 1.165) is 19.3 Å². The molecule has 6 heteroatoms. The average molecular weight is 324 g/mol. The molecule has 0 aromatic heterocycles. The van der Waals surface area contributed by atoms with Gasteiger partial charge in [0.2, 0.25) is 11.8 Å². The van der Waals surface area contributed by atoms with Crippen LogP contribution in [0.15, 0.2) is 0 Å². The van der Waals surface area contributed by atoms with Crippen molar-refractivity contribution in [2.24, 2.45) is 11.8 Å². The summed E-state index contributed by atoms with van der Waals surface area (Å²) in [4.78, 5) is 37.0. The Bertz CT molecular complexity index is 446. The highest BCUT2D eigenvalue weighted by Crippen LogP contribution is 2.26. The Morgan fingerprint density at radius 1 is 1.13 bits per heavy atom. The third-order valence-electron chi connectivity index (χ3n) is 5.11. The second-order valence-electron chi connectivity index (χ2n) is 7.06. The summed E-state index contributed by atoms with van der Waals surface area (Å²) < 4.78 is 0. The number of amides is 2. The molecule has 23 heavy (non-hydrogen) atoms. The van der Waals surface area contributed by atoms with Crippen LogP contribution in [0.4, 0.5) is 0 Å². The number of piperidine rings is 1. The maximum Gasteiger partial charge on any atom is 0.326 e. The highest BCUT2D eigenvalue weighted by Gasteiger charge is 2.34. The van der Waals surface area contributed by atoms with Gasteiger partial charge in [0.25, 0.3) is 0 Å². The topological polar surface area (TPSA) is 86.7 Å². The molecule has 2 atom stereocenters. The number of carboxylic acids is 1. The molecule has 130 valence electrons. The van der Waals surface area contributed by atoms with Crippen LogP contribution in [0.3, 0.4) is 0 Å². The molecule has 2 N–H and O–H groups in total. The van der Waals surface area contributed by atoms with Crippen LogP contribution in [-0.2, 0) is 14.4 Å². The van der Waals surface area contributed by atoms with Gasteiger partial charge >= 0.3 is 5.97 Å². The van der Waals surface area contributed by atoms with Gasteiger partial charge in [0.05, 0.1) is 6.54 Å². The first-order valence-electron chi connectivity index (χ1n) is 8.76. The third kappa shape index (κ3) is 5.22. The standard InChI is InChI=1S/C17H28N2O4/c1-12-7-8-19(14(9-12)17(22)23)16(21)11-18-15(20)10-13-5-3-2-4-6-13/h12-14H,2-11H2,1H3,(H,18,20)(H,22,23). The Morgan fingerprint density at radius 3 is 2.48 bits per heavy atom. The molecule has 0 aromatic rings. The van der Waals surface area contributed by atoms with Gasteiger partial charge in [0.1, 0.15) is 6.04 Å². The predicted molar refractivity (Wildman–Crippen MR) is 85.7 cm³/mol. The van der Waals surface area contributed by atoms with E-state index in [1.165, 1.54) is 24.2 Å². The number of carbonyl (C=O) groups excluding carboxylic acids is 2. The van der Waals surface area contributed by atoms with Crippen molar-refractivity contribution < 1.29 is 19.5 Å². The number of likely N-dealkylation sites (tertiary alicyclic amines) is 1. The van der Waals surface area contributed by atoms with Gasteiger partial charge in [-0.25, -0.2) is 4.79 Å². The third-order valence-corrected chi connectivity index (χ3v) is 5.11. The number of aliphatic carboxylic acids is 1. The molecule has 0 aromatic carbocycles. The molecule has 1 aliphatic heterocycles. The van der Waals surface area contributed by atoms with Crippen LogP contribution in [0.2, 0.25) is 0 Å². The van der Waals surface area contributed by atoms with Crippen molar-refractivity contribution in [3.05, 3.63) is 0 Å². The molecule has 0 spiro atoms. The first-order valence-corrected chi connectivity index (χ1v) is 8.76. The van der Waals surface area contributed by atoms with E-state index in [0.29, 0.717) is 31.2 Å². The molecular formula is C17H28N2O4. The molecule has 2 amide bonds. The van der Waals surface area contributed by atoms with Gasteiger partial charge in [-0.2, -0.15) is 0 Å². The zero-order chi connectivity index (χ0) is 16.8. The van der Waals surface area contributed by atoms with Crippen LogP contribution in [0.25, 0.3) is 0 Å². The van der Waals surface area contributed by atoms with Gasteiger partial charge in [-0.3, -0.25) is 9.59 Å². The Morgan fingerprint density at radius 2 is 1.83 bits per heavy atom. The Balaban J connectivity index is 1.78. The van der Waals surface area contributed by atoms with E-state index in [-0.39, 0.29) is 18.4 Å². The smallest absolute Gasteiger partial charge is 0.326 e. The van der Waals surface area contributed by atoms with Crippen LogP contribution < -0.4 is 5.32 Å². The van der Waals surface area contributed by atoms with Crippen molar-refractivity contribution in [3.8, 4) is 0 Å². The molecule has 1 aliphatic carbocycles. The second kappa shape index (κ2) is 8.31. The molecule has 6 nitrogen and oxygen atoms in total. The minimum atomic E-state index is -0.960. The van der Waals surface area contributed by atoms with Crippen molar-refractivity contribution >= 4 is 17.8 Å². The van der Waals surface area contributed by atoms with Gasteiger partial charge in [-0.05, 0) is 37.5 Å². The normalized spacial score (nSPS) is 25.9. The summed E-state index contributed by atoms with van der Waals surface area (Å²) in [5.41, 5.74) is 0. The minimum Gasteiger partial charge on any atom is -0.480 e. The van der Waals surface area contributed by atoms with Crippen molar-refractivity contribution in [1.82, 2.24) is 10.2 Å². The summed E-state index contributed by atoms with van der Waals surface area (Å²) in [5, 5.41) is 12.0. The van der Waals surface area contributed by atoms with E-state index < -0.39 is 12.0 Å². The fourth-order valence-electron chi connectivity index (χ4n) is 3.68. The maximum absolute atomic E-state index is 12.3. The van der Waals surface area contributed by atoms with Crippen molar-refractivity contribution in [3.63, 3.8) is 0 Å². The number of carbonyl (C=O) groups is 3. The molecule has 1 saturated heterocycles. The first kappa shape index (κ1) is 17.8. The SMILES string of the molecule is CC1CCN(C(=O)CNC(=O)CC2CCCCC2)C(C(=O)O)C1. The van der Waals surface area contributed by atoms with Crippen molar-refractivity contribution in [2.45, 2.75) is 64.3 Å². The lowest BCUT2D eigenvalue weighted by molar-refractivity contribution is -0.152. The minimum absolute atomic E-state index is 0.0935. The van der Waals surface area contributed by atoms with Gasteiger partial charge in [-0.15, -0.1) is 0 Å². The molecule has 0 bridgehead atoms. The lowest BCUT2D eigenvalue weighted by atomic mass is 9.87. The van der Waals surface area contributed by atoms with Crippen LogP contribution in [-0.4, -0.2) is 46.9 Å². The molecule has 2 unspecified atom stereocenters. The molecular weight excluding hydrogens is 296 g/mol. The summed E-state index contributed by atoms with van der Waals surface area (Å²) in [5.74, 6) is -0.607. The summed E-state index contributed by atoms with van der Waals surface area (Å²) in [6.07, 6.45) is 7.57. The zero-order valence-electron chi connectivity index (χ0n) is 13.9. The molecule has 2 aliphatic rings. The zero-order valence-corrected chi connectivity index (χ0v) is 13.9. The van der Waals surface area contributed by atoms with Crippen LogP contribution in [0.1, 0.15) is 58.3 Å². The highest BCUT2D eigenvalue weighted by molar-refractivity contribution is 5.88. The van der Waals surface area contributed by atoms with Gasteiger partial charge in [-0.1, -0.05) is 26.2 Å². The number of rotatable bonds is 5. The average Bonchev–Trinajstić information content (AvgIpc) is 2.53. The Labute approximate surface area is 137 Å². The molecule has 1 saturated carbocycles. The quantitative estimate of drug-likeness (QED) is 0.807. The Hall–Kier alpha value is -1.59. The number of hydrogen-bond donors (Lipinski definition) is 2. The molecule has 0 radical (unpaired) electrons. The first-order chi connectivity index (χ1) is 11.0. The summed E-state index contributed by atoms with van der Waals surface area (Å²) in [7, 11) is 0. The number of carboxylic acid groups (broad SMARTS) is 1. The Kier molecular flexibility index (Phi) is 6.42. The number of hydrogen-bond acceptors (Lipinski definition) is 3. The fourth-order valence-corrected chi connectivity index (χ4v) is 3.68. The van der Waals surface area contributed by atoms with E-state index in [1.807, 2.05) is 6.92 Å². The van der Waals surface area contributed by atoms with Gasteiger partial charge < -0.3 is 15.3 Å². The molecule has 1 heterocycles. The highest BCUT2D eigenvalue weighted by atomic mass is 16.4. The van der Waals surface area contributed by atoms with E-state index in [1.54, 1.807) is 0 Å². The van der Waals surface area contributed by atoms with E-state index >= 15 is 0 Å². The summed E-state index contributed by atoms with van der Waals surface area (Å²) >= 11 is 0. The fraction of sp³-hybridized carbons (Fsp3) is 0.824. The van der Waals surface area contributed by atoms with Gasteiger partial charge in [0, 0.05) is 13.0 Å². The molecule has 2 rings (SSSR count). The summed E-state index contributed by atoms with van der Waals surface area (Å²) in [6, 6.07) is -0.763. The largest absolute Gasteiger partial charge is 0.480 e. The van der Waals surface area contributed by atoms with Crippen molar-refractivity contribution in [2.75, 3.05) is 13.1 Å². The number of nitrogens with one attached hydrogen (secondary N) is 1. The maximum atomic E-state index is 12.3. The van der Waals surface area contributed by atoms with E-state index in [2.05, 4.69) is 5.32 Å². The van der Waals surface area contributed by atoms with Gasteiger partial charge in [0.15, 0.2) is 0 Å². The lowest BCUT2D eigenvalue weighted by Gasteiger charge is -2.36. The van der Waals surface area contributed by atoms with Crippen molar-refractivity contribution in [1.29, 1.82) is 0 Å². The predicted octanol–water partition coefficient (Wildman–Crippen LogP) is 1.78. The second-order valence-corrected chi connectivity index (χ2v) is 7.06. The van der Waals surface area contributed by atoms with Crippen LogP contribution in [0.5, 0.6) is 0 Å². The monoisotopic (exact) mass is 324 g/mol. The van der Waals surface area contributed by atoms with E-state index in [4.69, 9.17) is 0 Å². The van der Waals surface area contributed by atoms with Crippen LogP contribution in [0, 0.1) is 11.8 Å². The molecule has 2 fully saturated rings. The summed E-state index contributed by atoms with van der Waals surface area (Å²) in [6.45, 7) is 2.36. The van der Waals surface area contributed by atoms with E-state index in [9.17, 15) is 19.5 Å². The van der Waals surface area contributed by atoms with Crippen LogP contribution >= 0.6 is 0 Å². The lowest BCUT2D eigenvalue weighted by Crippen LogP contribution is -2.52.